The van der Waals surface area contributed by atoms with Crippen LogP contribution in [0.15, 0.2) is 55.2 Å². The van der Waals surface area contributed by atoms with Crippen LogP contribution in [0.25, 0.3) is 23.0 Å². The lowest BCUT2D eigenvalue weighted by molar-refractivity contribution is 0.497. The summed E-state index contributed by atoms with van der Waals surface area (Å²) in [7, 11) is 0. The maximum atomic E-state index is 4.98. The summed E-state index contributed by atoms with van der Waals surface area (Å²) in [5.74, 6) is 3.22. The summed E-state index contributed by atoms with van der Waals surface area (Å²) in [5.41, 5.74) is 1.92. The van der Waals surface area contributed by atoms with Gasteiger partial charge in [-0.3, -0.25) is 9.13 Å². The molecule has 0 radical (unpaired) electrons. The van der Waals surface area contributed by atoms with Crippen molar-refractivity contribution in [3.8, 4) is 23.0 Å². The van der Waals surface area contributed by atoms with E-state index in [0.29, 0.717) is 5.95 Å². The SMILES string of the molecule is CC[C@@H]1c2nncn2-c2cnc(-n3ccnc3-c3ccccc3)nc2N1C(C)C. The summed E-state index contributed by atoms with van der Waals surface area (Å²) in [6.07, 6.45) is 8.17. The van der Waals surface area contributed by atoms with E-state index in [-0.39, 0.29) is 12.1 Å². The maximum absolute atomic E-state index is 4.98. The molecular formula is C21H22N8. The Morgan fingerprint density at radius 3 is 2.66 bits per heavy atom. The molecule has 3 aromatic heterocycles. The van der Waals surface area contributed by atoms with Crippen molar-refractivity contribution in [1.82, 2.24) is 34.3 Å². The minimum absolute atomic E-state index is 0.115. The standard InChI is InChI=1S/C21H22N8/c1-4-16-20-26-24-13-28(20)17-12-23-21(25-19(17)29(16)14(2)3)27-11-10-22-18(27)15-8-6-5-7-9-15/h5-14,16H,4H2,1-3H3/t16-/m1/s1. The van der Waals surface area contributed by atoms with E-state index < -0.39 is 0 Å². The van der Waals surface area contributed by atoms with E-state index in [2.05, 4.69) is 45.8 Å². The van der Waals surface area contributed by atoms with Gasteiger partial charge in [-0.25, -0.2) is 9.97 Å². The molecule has 4 heterocycles. The predicted molar refractivity (Wildman–Crippen MR) is 110 cm³/mol. The highest BCUT2D eigenvalue weighted by Gasteiger charge is 2.35. The van der Waals surface area contributed by atoms with Gasteiger partial charge in [-0.2, -0.15) is 4.98 Å². The van der Waals surface area contributed by atoms with Crippen molar-refractivity contribution in [3.05, 3.63) is 61.1 Å². The molecule has 0 aliphatic carbocycles. The second-order valence-corrected chi connectivity index (χ2v) is 7.35. The summed E-state index contributed by atoms with van der Waals surface area (Å²) in [4.78, 5) is 16.5. The number of imidazole rings is 1. The Bertz CT molecular complexity index is 1140. The smallest absolute Gasteiger partial charge is 0.237 e. The van der Waals surface area contributed by atoms with Crippen LogP contribution in [0.5, 0.6) is 0 Å². The Kier molecular flexibility index (Phi) is 4.12. The van der Waals surface area contributed by atoms with Crippen molar-refractivity contribution >= 4 is 5.82 Å². The molecule has 1 aliphatic rings. The molecule has 8 heteroatoms. The van der Waals surface area contributed by atoms with E-state index in [1.165, 1.54) is 0 Å². The van der Waals surface area contributed by atoms with Gasteiger partial charge in [0.1, 0.15) is 17.8 Å². The Morgan fingerprint density at radius 1 is 1.07 bits per heavy atom. The van der Waals surface area contributed by atoms with Crippen LogP contribution in [0.4, 0.5) is 5.82 Å². The molecule has 0 saturated carbocycles. The Labute approximate surface area is 168 Å². The topological polar surface area (TPSA) is 77.5 Å². The van der Waals surface area contributed by atoms with Crippen LogP contribution < -0.4 is 4.90 Å². The van der Waals surface area contributed by atoms with Crippen LogP contribution in [0, 0.1) is 0 Å². The number of aromatic nitrogens is 7. The minimum Gasteiger partial charge on any atom is -0.342 e. The average molecular weight is 386 g/mol. The van der Waals surface area contributed by atoms with Gasteiger partial charge in [-0.1, -0.05) is 37.3 Å². The highest BCUT2D eigenvalue weighted by molar-refractivity contribution is 5.63. The lowest BCUT2D eigenvalue weighted by Gasteiger charge is -2.39. The number of anilines is 1. The van der Waals surface area contributed by atoms with Crippen LogP contribution in [-0.4, -0.2) is 40.3 Å². The molecule has 146 valence electrons. The third kappa shape index (κ3) is 2.71. The Morgan fingerprint density at radius 2 is 1.90 bits per heavy atom. The Hall–Kier alpha value is -3.55. The highest BCUT2D eigenvalue weighted by atomic mass is 15.4. The van der Waals surface area contributed by atoms with Crippen LogP contribution in [0.1, 0.15) is 39.1 Å². The van der Waals surface area contributed by atoms with Crippen LogP contribution in [-0.2, 0) is 0 Å². The number of rotatable bonds is 4. The first-order valence-corrected chi connectivity index (χ1v) is 9.83. The van der Waals surface area contributed by atoms with Gasteiger partial charge in [-0.05, 0) is 20.3 Å². The summed E-state index contributed by atoms with van der Waals surface area (Å²) in [5, 5.41) is 8.50. The van der Waals surface area contributed by atoms with Gasteiger partial charge in [0.2, 0.25) is 5.95 Å². The first kappa shape index (κ1) is 17.5. The quantitative estimate of drug-likeness (QED) is 0.533. The van der Waals surface area contributed by atoms with Gasteiger partial charge in [0.05, 0.1) is 12.2 Å². The largest absolute Gasteiger partial charge is 0.342 e. The van der Waals surface area contributed by atoms with E-state index in [9.17, 15) is 0 Å². The second kappa shape index (κ2) is 6.80. The predicted octanol–water partition coefficient (Wildman–Crippen LogP) is 3.59. The summed E-state index contributed by atoms with van der Waals surface area (Å²) in [6, 6.07) is 10.4. The summed E-state index contributed by atoms with van der Waals surface area (Å²) >= 11 is 0. The fourth-order valence-electron chi connectivity index (χ4n) is 4.01. The number of hydrogen-bond donors (Lipinski definition) is 0. The van der Waals surface area contributed by atoms with Crippen molar-refractivity contribution in [2.75, 3.05) is 4.90 Å². The summed E-state index contributed by atoms with van der Waals surface area (Å²) < 4.78 is 3.93. The first-order chi connectivity index (χ1) is 14.2. The van der Waals surface area contributed by atoms with Crippen molar-refractivity contribution in [2.24, 2.45) is 0 Å². The van der Waals surface area contributed by atoms with Gasteiger partial charge in [0.25, 0.3) is 0 Å². The lowest BCUT2D eigenvalue weighted by Crippen LogP contribution is -2.40. The van der Waals surface area contributed by atoms with Crippen LogP contribution in [0.2, 0.25) is 0 Å². The molecule has 0 saturated heterocycles. The zero-order valence-electron chi connectivity index (χ0n) is 16.6. The minimum atomic E-state index is 0.115. The van der Waals surface area contributed by atoms with E-state index in [0.717, 1.165) is 35.1 Å². The average Bonchev–Trinajstić information content (AvgIpc) is 3.42. The number of nitrogens with zero attached hydrogens (tertiary/aromatic N) is 8. The molecule has 1 aliphatic heterocycles. The van der Waals surface area contributed by atoms with E-state index in [1.54, 1.807) is 12.5 Å². The van der Waals surface area contributed by atoms with Gasteiger partial charge in [-0.15, -0.1) is 10.2 Å². The molecule has 1 atom stereocenters. The van der Waals surface area contributed by atoms with Gasteiger partial charge >= 0.3 is 0 Å². The highest BCUT2D eigenvalue weighted by Crippen LogP contribution is 2.39. The van der Waals surface area contributed by atoms with Crippen LogP contribution >= 0.6 is 0 Å². The van der Waals surface area contributed by atoms with Crippen molar-refractivity contribution in [1.29, 1.82) is 0 Å². The van der Waals surface area contributed by atoms with E-state index in [1.807, 2.05) is 51.9 Å². The first-order valence-electron chi connectivity index (χ1n) is 9.83. The lowest BCUT2D eigenvalue weighted by atomic mass is 10.1. The number of fused-ring (bicyclic) bond motifs is 3. The van der Waals surface area contributed by atoms with E-state index >= 15 is 0 Å². The van der Waals surface area contributed by atoms with Gasteiger partial charge in [0.15, 0.2) is 11.6 Å². The molecule has 5 rings (SSSR count). The molecular weight excluding hydrogens is 364 g/mol. The molecule has 8 nitrogen and oxygen atoms in total. The van der Waals surface area contributed by atoms with Crippen molar-refractivity contribution in [2.45, 2.75) is 39.3 Å². The van der Waals surface area contributed by atoms with Crippen molar-refractivity contribution in [3.63, 3.8) is 0 Å². The Balaban J connectivity index is 1.68. The van der Waals surface area contributed by atoms with Gasteiger partial charge < -0.3 is 4.90 Å². The fourth-order valence-corrected chi connectivity index (χ4v) is 4.01. The van der Waals surface area contributed by atoms with E-state index in [4.69, 9.17) is 4.98 Å². The summed E-state index contributed by atoms with van der Waals surface area (Å²) in [6.45, 7) is 6.51. The molecule has 0 N–H and O–H groups in total. The zero-order valence-corrected chi connectivity index (χ0v) is 16.6. The zero-order chi connectivity index (χ0) is 20.0. The fraction of sp³-hybridized carbons (Fsp3) is 0.286. The number of benzene rings is 1. The molecule has 0 spiro atoms. The molecule has 4 aromatic rings. The monoisotopic (exact) mass is 386 g/mol. The molecule has 0 fully saturated rings. The third-order valence-electron chi connectivity index (χ3n) is 5.28. The van der Waals surface area contributed by atoms with Crippen molar-refractivity contribution < 1.29 is 0 Å². The molecule has 1 aromatic carbocycles. The molecule has 0 unspecified atom stereocenters. The maximum Gasteiger partial charge on any atom is 0.237 e. The second-order valence-electron chi connectivity index (χ2n) is 7.35. The molecule has 29 heavy (non-hydrogen) atoms. The van der Waals surface area contributed by atoms with Crippen LogP contribution in [0.3, 0.4) is 0 Å². The van der Waals surface area contributed by atoms with Gasteiger partial charge in [0, 0.05) is 24.0 Å². The molecule has 0 bridgehead atoms. The molecule has 0 amide bonds. The number of hydrogen-bond acceptors (Lipinski definition) is 6. The normalized spacial score (nSPS) is 15.4. The third-order valence-corrected chi connectivity index (χ3v) is 5.28.